The van der Waals surface area contributed by atoms with Crippen molar-refractivity contribution >= 4 is 22.6 Å². The molecule has 0 bridgehead atoms. The van der Waals surface area contributed by atoms with E-state index in [1.165, 1.54) is 19.1 Å². The number of fused-ring (bicyclic) bond motifs is 1. The van der Waals surface area contributed by atoms with Crippen LogP contribution in [0.4, 0.5) is 19.0 Å². The Morgan fingerprint density at radius 2 is 1.84 bits per heavy atom. The van der Waals surface area contributed by atoms with Crippen molar-refractivity contribution in [3.8, 4) is 5.75 Å². The van der Waals surface area contributed by atoms with Crippen LogP contribution in [0.15, 0.2) is 29.1 Å². The Morgan fingerprint density at radius 3 is 2.43 bits per heavy atom. The molecule has 3 aromatic rings. The zero-order chi connectivity index (χ0) is 31.9. The molecule has 1 amide bonds. The van der Waals surface area contributed by atoms with Gasteiger partial charge in [0.1, 0.15) is 23.3 Å². The van der Waals surface area contributed by atoms with E-state index in [9.17, 15) is 18.4 Å². The van der Waals surface area contributed by atoms with Crippen LogP contribution in [0.1, 0.15) is 68.5 Å². The number of pyridine rings is 2. The van der Waals surface area contributed by atoms with Crippen LogP contribution in [0, 0.1) is 12.7 Å². The number of nitrogens with zero attached hydrogens (tertiary/aromatic N) is 4. The number of halogens is 3. The Labute approximate surface area is 254 Å². The maximum atomic E-state index is 15.1. The van der Waals surface area contributed by atoms with Gasteiger partial charge in [-0.1, -0.05) is 18.2 Å². The van der Waals surface area contributed by atoms with Gasteiger partial charge in [0.15, 0.2) is 5.75 Å². The molecule has 2 fully saturated rings. The lowest BCUT2D eigenvalue weighted by molar-refractivity contribution is -0.136. The predicted octanol–water partition coefficient (Wildman–Crippen LogP) is 5.06. The average molecular weight is 616 g/mol. The number of amides is 1. The number of alkyl halides is 2. The molecule has 44 heavy (non-hydrogen) atoms. The van der Waals surface area contributed by atoms with Crippen molar-refractivity contribution in [1.29, 1.82) is 0 Å². The number of piperidine rings is 1. The van der Waals surface area contributed by atoms with Gasteiger partial charge in [-0.2, -0.15) is 0 Å². The van der Waals surface area contributed by atoms with Crippen molar-refractivity contribution in [3.63, 3.8) is 0 Å². The number of aryl methyl sites for hydroxylation is 2. The van der Waals surface area contributed by atoms with Crippen molar-refractivity contribution in [2.24, 2.45) is 7.05 Å². The van der Waals surface area contributed by atoms with E-state index < -0.39 is 29.4 Å². The van der Waals surface area contributed by atoms with Gasteiger partial charge in [-0.05, 0) is 46.7 Å². The molecule has 0 spiro atoms. The first-order chi connectivity index (χ1) is 20.9. The zero-order valence-corrected chi connectivity index (χ0v) is 26.0. The van der Waals surface area contributed by atoms with Crippen LogP contribution >= 0.6 is 0 Å². The van der Waals surface area contributed by atoms with E-state index in [2.05, 4.69) is 10.2 Å². The van der Waals surface area contributed by atoms with Crippen molar-refractivity contribution in [1.82, 2.24) is 19.4 Å². The number of hydrogen-bond donors (Lipinski definition) is 1. The Bertz CT molecular complexity index is 1610. The highest BCUT2D eigenvalue weighted by molar-refractivity contribution is 5.95. The molecule has 2 aromatic heterocycles. The molecule has 238 valence electrons. The molecule has 0 unspecified atom stereocenters. The van der Waals surface area contributed by atoms with Crippen LogP contribution in [0.2, 0.25) is 0 Å². The largest absolute Gasteiger partial charge is 0.484 e. The first kappa shape index (κ1) is 31.8. The van der Waals surface area contributed by atoms with E-state index in [-0.39, 0.29) is 23.1 Å². The fourth-order valence-corrected chi connectivity index (χ4v) is 6.41. The van der Waals surface area contributed by atoms with E-state index in [0.29, 0.717) is 66.3 Å². The van der Waals surface area contributed by atoms with Gasteiger partial charge in [0.05, 0.1) is 28.4 Å². The zero-order valence-electron chi connectivity index (χ0n) is 26.0. The molecule has 9 nitrogen and oxygen atoms in total. The van der Waals surface area contributed by atoms with Crippen LogP contribution in [0.5, 0.6) is 5.75 Å². The Morgan fingerprint density at radius 1 is 1.18 bits per heavy atom. The molecule has 0 saturated carbocycles. The third-order valence-electron chi connectivity index (χ3n) is 8.85. The molecule has 12 heteroatoms. The number of aromatic nitrogens is 2. The number of rotatable bonds is 9. The van der Waals surface area contributed by atoms with Crippen LogP contribution in [-0.4, -0.2) is 71.2 Å². The van der Waals surface area contributed by atoms with E-state index in [4.69, 9.17) is 14.5 Å². The first-order valence-electron chi connectivity index (χ1n) is 15.0. The number of carbonyl (C=O) groups excluding carboxylic acids is 1. The highest BCUT2D eigenvalue weighted by Crippen LogP contribution is 2.40. The first-order valence-corrected chi connectivity index (χ1v) is 15.0. The summed E-state index contributed by atoms with van der Waals surface area (Å²) in [7, 11) is 3.67. The van der Waals surface area contributed by atoms with Gasteiger partial charge in [0, 0.05) is 57.7 Å². The van der Waals surface area contributed by atoms with Crippen molar-refractivity contribution in [3.05, 3.63) is 62.8 Å². The molecule has 1 atom stereocenters. The molecular formula is C32H40F3N5O4. The second-order valence-electron chi connectivity index (χ2n) is 11.9. The van der Waals surface area contributed by atoms with Crippen molar-refractivity contribution in [2.45, 2.75) is 64.7 Å². The number of ether oxygens (including phenoxy) is 2. The van der Waals surface area contributed by atoms with E-state index in [0.717, 1.165) is 19.2 Å². The van der Waals surface area contributed by atoms with Crippen LogP contribution in [0.25, 0.3) is 10.9 Å². The molecule has 0 aliphatic carbocycles. The molecule has 0 radical (unpaired) electrons. The number of benzene rings is 1. The standard InChI is InChI=1S/C32H40F3N5O4/c1-7-43-32(11-13-40(14-12-32)20(4)41)25-15-24-27(39(6)31(25)42)28(44-21-16-38(5)17-21)19(3)37-30(24)36-18(2)22-9-8-10-23(26(22)33)29(34)35/h8-10,15,18,21,29H,7,11-14,16-17H2,1-6H3,(H,36,37)/t18-/m1/s1. The van der Waals surface area contributed by atoms with Crippen LogP contribution in [0.3, 0.4) is 0 Å². The fourth-order valence-electron chi connectivity index (χ4n) is 6.41. The maximum Gasteiger partial charge on any atom is 0.266 e. The quantitative estimate of drug-likeness (QED) is 0.360. The second-order valence-corrected chi connectivity index (χ2v) is 11.9. The fraction of sp³-hybridized carbons (Fsp3) is 0.531. The molecule has 5 rings (SSSR count). The summed E-state index contributed by atoms with van der Waals surface area (Å²) in [4.78, 5) is 34.9. The lowest BCUT2D eigenvalue weighted by Crippen LogP contribution is -2.51. The molecule has 4 heterocycles. The minimum Gasteiger partial charge on any atom is -0.484 e. The minimum atomic E-state index is -2.95. The molecule has 2 saturated heterocycles. The summed E-state index contributed by atoms with van der Waals surface area (Å²) < 4.78 is 56.4. The lowest BCUT2D eigenvalue weighted by atomic mass is 9.84. The molecule has 1 aromatic carbocycles. The van der Waals surface area contributed by atoms with Gasteiger partial charge >= 0.3 is 0 Å². The SMILES string of the molecule is CCOC1(c2cc3c(N[C@H](C)c4cccc(C(F)F)c4F)nc(C)c(OC4CN(C)C4)c3n(C)c2=O)CCN(C(C)=O)CC1. The van der Waals surface area contributed by atoms with E-state index >= 15 is 4.39 Å². The second kappa shape index (κ2) is 12.4. The Balaban J connectivity index is 1.67. The van der Waals surface area contributed by atoms with E-state index in [1.54, 1.807) is 36.4 Å². The van der Waals surface area contributed by atoms with Gasteiger partial charge in [0.2, 0.25) is 5.91 Å². The predicted molar refractivity (Wildman–Crippen MR) is 162 cm³/mol. The highest BCUT2D eigenvalue weighted by atomic mass is 19.3. The third kappa shape index (κ3) is 5.77. The molecule has 1 N–H and O–H groups in total. The lowest BCUT2D eigenvalue weighted by Gasteiger charge is -2.41. The smallest absolute Gasteiger partial charge is 0.266 e. The molecular weight excluding hydrogens is 575 g/mol. The number of carbonyl (C=O) groups is 1. The van der Waals surface area contributed by atoms with Crippen LogP contribution in [-0.2, 0) is 22.2 Å². The monoisotopic (exact) mass is 615 g/mol. The summed E-state index contributed by atoms with van der Waals surface area (Å²) in [5, 5.41) is 3.80. The Kier molecular flexibility index (Phi) is 8.95. The van der Waals surface area contributed by atoms with Gasteiger partial charge in [-0.25, -0.2) is 18.2 Å². The van der Waals surface area contributed by atoms with Crippen molar-refractivity contribution in [2.75, 3.05) is 45.2 Å². The summed E-state index contributed by atoms with van der Waals surface area (Å²) in [6, 6.07) is 4.97. The molecule has 2 aliphatic rings. The van der Waals surface area contributed by atoms with Crippen molar-refractivity contribution < 1.29 is 27.4 Å². The molecule has 2 aliphatic heterocycles. The third-order valence-corrected chi connectivity index (χ3v) is 8.85. The number of anilines is 1. The Hall–Kier alpha value is -3.64. The van der Waals surface area contributed by atoms with E-state index in [1.807, 2.05) is 14.0 Å². The average Bonchev–Trinajstić information content (AvgIpc) is 2.95. The number of likely N-dealkylation sites (N-methyl/N-ethyl adjacent to an activating group) is 1. The summed E-state index contributed by atoms with van der Waals surface area (Å²) in [6.45, 7) is 9.54. The normalized spacial score (nSPS) is 18.0. The van der Waals surface area contributed by atoms with Gasteiger partial charge in [-0.3, -0.25) is 14.5 Å². The summed E-state index contributed by atoms with van der Waals surface area (Å²) >= 11 is 0. The number of nitrogens with one attached hydrogen (secondary N) is 1. The topological polar surface area (TPSA) is 88.9 Å². The van der Waals surface area contributed by atoms with Crippen LogP contribution < -0.4 is 15.6 Å². The van der Waals surface area contributed by atoms with Gasteiger partial charge in [0.25, 0.3) is 12.0 Å². The maximum absolute atomic E-state index is 15.1. The van der Waals surface area contributed by atoms with Gasteiger partial charge < -0.3 is 24.3 Å². The van der Waals surface area contributed by atoms with Gasteiger partial charge in [-0.15, -0.1) is 0 Å². The minimum absolute atomic E-state index is 0.0340. The summed E-state index contributed by atoms with van der Waals surface area (Å²) in [5.74, 6) is -0.175. The number of likely N-dealkylation sites (tertiary alicyclic amines) is 2. The summed E-state index contributed by atoms with van der Waals surface area (Å²) in [6.07, 6.45) is -2.16. The highest BCUT2D eigenvalue weighted by Gasteiger charge is 2.41. The number of hydrogen-bond acceptors (Lipinski definition) is 7. The summed E-state index contributed by atoms with van der Waals surface area (Å²) in [5.41, 5.74) is -0.310.